The van der Waals surface area contributed by atoms with Crippen LogP contribution >= 0.6 is 0 Å². The number of amides is 1. The fourth-order valence-corrected chi connectivity index (χ4v) is 2.71. The summed E-state index contributed by atoms with van der Waals surface area (Å²) in [6.45, 7) is 0.570. The molecule has 2 rings (SSSR count). The Balaban J connectivity index is 1.86. The number of carbonyl (C=O) groups is 1. The van der Waals surface area contributed by atoms with E-state index in [0.717, 1.165) is 12.0 Å². The lowest BCUT2D eigenvalue weighted by Crippen LogP contribution is -2.13. The highest BCUT2D eigenvalue weighted by molar-refractivity contribution is 7.90. The van der Waals surface area contributed by atoms with Gasteiger partial charge in [-0.1, -0.05) is 0 Å². The molecule has 7 heteroatoms. The summed E-state index contributed by atoms with van der Waals surface area (Å²) < 4.78 is 23.7. The Labute approximate surface area is 106 Å². The molecule has 0 spiro atoms. The van der Waals surface area contributed by atoms with Crippen LogP contribution < -0.4 is 5.73 Å². The van der Waals surface area contributed by atoms with Crippen LogP contribution in [-0.4, -0.2) is 36.1 Å². The van der Waals surface area contributed by atoms with E-state index >= 15 is 0 Å². The smallest absolute Gasteiger partial charge is 0.221 e. The maximum atomic E-state index is 11.0. The fourth-order valence-electron chi connectivity index (χ4n) is 2.06. The number of nitrogens with two attached hydrogens (primary N) is 1. The summed E-state index contributed by atoms with van der Waals surface area (Å²) in [6, 6.07) is 0. The minimum absolute atomic E-state index is 0.0568. The van der Waals surface area contributed by atoms with Gasteiger partial charge in [-0.05, 0) is 24.3 Å². The highest BCUT2D eigenvalue weighted by atomic mass is 32.2. The van der Waals surface area contributed by atoms with Crippen LogP contribution in [0, 0.1) is 5.92 Å². The van der Waals surface area contributed by atoms with Crippen molar-refractivity contribution >= 4 is 15.7 Å². The predicted molar refractivity (Wildman–Crippen MR) is 66.6 cm³/mol. The van der Waals surface area contributed by atoms with Crippen molar-refractivity contribution in [2.24, 2.45) is 11.7 Å². The monoisotopic (exact) mass is 271 g/mol. The molecule has 18 heavy (non-hydrogen) atoms. The molecule has 0 saturated heterocycles. The zero-order valence-electron chi connectivity index (χ0n) is 10.2. The van der Waals surface area contributed by atoms with Crippen LogP contribution in [0.1, 0.15) is 24.3 Å². The van der Waals surface area contributed by atoms with Crippen molar-refractivity contribution in [3.8, 4) is 0 Å². The molecule has 1 aromatic heterocycles. The van der Waals surface area contributed by atoms with E-state index in [1.54, 1.807) is 10.9 Å². The number of rotatable bonds is 6. The largest absolute Gasteiger partial charge is 0.369 e. The molecule has 1 amide bonds. The minimum Gasteiger partial charge on any atom is -0.369 e. The molecule has 0 radical (unpaired) electrons. The lowest BCUT2D eigenvalue weighted by Gasteiger charge is -2.00. The second-order valence-corrected chi connectivity index (χ2v) is 7.13. The Hall–Kier alpha value is -1.37. The summed E-state index contributed by atoms with van der Waals surface area (Å²) in [6.07, 6.45) is 6.17. The third-order valence-corrected chi connectivity index (χ3v) is 4.17. The third kappa shape index (κ3) is 3.32. The number of nitrogens with zero attached hydrogens (tertiary/aromatic N) is 2. The van der Waals surface area contributed by atoms with E-state index in [1.807, 2.05) is 6.20 Å². The summed E-state index contributed by atoms with van der Waals surface area (Å²) in [5.74, 6) is 0.0462. The summed E-state index contributed by atoms with van der Waals surface area (Å²) in [4.78, 5) is 11.0. The number of carbonyl (C=O) groups excluding carboxylic acids is 1. The minimum atomic E-state index is -2.91. The Morgan fingerprint density at radius 1 is 1.61 bits per heavy atom. The van der Waals surface area contributed by atoms with Crippen LogP contribution in [0.15, 0.2) is 12.4 Å². The van der Waals surface area contributed by atoms with Gasteiger partial charge < -0.3 is 5.73 Å². The Bertz CT molecular complexity index is 550. The maximum Gasteiger partial charge on any atom is 0.221 e. The standard InChI is InChI=1S/C11H17N3O3S/c1-18(16,17)4-2-3-14-7-8(6-13-14)9-5-10(9)11(12)15/h6-7,9-10H,2-5H2,1H3,(H2,12,15)/t9-,10+/m1/s1. The van der Waals surface area contributed by atoms with Crippen molar-refractivity contribution < 1.29 is 13.2 Å². The lowest BCUT2D eigenvalue weighted by molar-refractivity contribution is -0.119. The fraction of sp³-hybridized carbons (Fsp3) is 0.636. The summed E-state index contributed by atoms with van der Waals surface area (Å²) in [5, 5.41) is 4.16. The summed E-state index contributed by atoms with van der Waals surface area (Å²) in [7, 11) is -2.91. The molecule has 1 aliphatic carbocycles. The van der Waals surface area contributed by atoms with Gasteiger partial charge in [0.1, 0.15) is 9.84 Å². The average Bonchev–Trinajstić information content (AvgIpc) is 2.91. The van der Waals surface area contributed by atoms with Crippen LogP contribution in [0.5, 0.6) is 0 Å². The van der Waals surface area contributed by atoms with Gasteiger partial charge in [-0.2, -0.15) is 5.10 Å². The van der Waals surface area contributed by atoms with Gasteiger partial charge in [0.25, 0.3) is 0 Å². The Morgan fingerprint density at radius 3 is 2.89 bits per heavy atom. The van der Waals surface area contributed by atoms with E-state index in [9.17, 15) is 13.2 Å². The zero-order chi connectivity index (χ0) is 13.3. The normalized spacial score (nSPS) is 22.9. The molecule has 1 aromatic rings. The highest BCUT2D eigenvalue weighted by Gasteiger charge is 2.43. The number of aryl methyl sites for hydroxylation is 1. The second kappa shape index (κ2) is 4.72. The van der Waals surface area contributed by atoms with Crippen LogP contribution in [0.25, 0.3) is 0 Å². The van der Waals surface area contributed by atoms with E-state index in [4.69, 9.17) is 5.73 Å². The maximum absolute atomic E-state index is 11.0. The van der Waals surface area contributed by atoms with Crippen molar-refractivity contribution in [2.45, 2.75) is 25.3 Å². The topological polar surface area (TPSA) is 95.0 Å². The van der Waals surface area contributed by atoms with E-state index in [2.05, 4.69) is 5.10 Å². The molecular formula is C11H17N3O3S. The average molecular weight is 271 g/mol. The molecule has 1 aliphatic rings. The first-order valence-electron chi connectivity index (χ1n) is 5.86. The molecule has 1 saturated carbocycles. The molecule has 0 bridgehead atoms. The van der Waals surface area contributed by atoms with Crippen molar-refractivity contribution in [3.05, 3.63) is 18.0 Å². The summed E-state index contributed by atoms with van der Waals surface area (Å²) in [5.41, 5.74) is 6.24. The van der Waals surface area contributed by atoms with Gasteiger partial charge in [0.2, 0.25) is 5.91 Å². The molecule has 6 nitrogen and oxygen atoms in total. The zero-order valence-corrected chi connectivity index (χ0v) is 11.1. The molecule has 0 aliphatic heterocycles. The third-order valence-electron chi connectivity index (χ3n) is 3.14. The number of primary amides is 1. The van der Waals surface area contributed by atoms with Gasteiger partial charge in [0, 0.05) is 24.9 Å². The van der Waals surface area contributed by atoms with Gasteiger partial charge in [-0.3, -0.25) is 9.48 Å². The SMILES string of the molecule is CS(=O)(=O)CCCn1cc([C@H]2C[C@@H]2C(N)=O)cn1. The number of hydrogen-bond acceptors (Lipinski definition) is 4. The van der Waals surface area contributed by atoms with E-state index < -0.39 is 9.84 Å². The van der Waals surface area contributed by atoms with Crippen molar-refractivity contribution in [3.63, 3.8) is 0 Å². The summed E-state index contributed by atoms with van der Waals surface area (Å²) >= 11 is 0. The molecule has 1 fully saturated rings. The van der Waals surface area contributed by atoms with Gasteiger partial charge in [0.05, 0.1) is 11.9 Å². The molecule has 0 unspecified atom stereocenters. The molecule has 2 N–H and O–H groups in total. The first-order chi connectivity index (χ1) is 8.37. The first-order valence-corrected chi connectivity index (χ1v) is 7.92. The van der Waals surface area contributed by atoms with Gasteiger partial charge in [-0.15, -0.1) is 0 Å². The molecule has 0 aromatic carbocycles. The van der Waals surface area contributed by atoms with Crippen LogP contribution in [0.4, 0.5) is 0 Å². The number of aromatic nitrogens is 2. The van der Waals surface area contributed by atoms with Crippen LogP contribution in [0.2, 0.25) is 0 Å². The lowest BCUT2D eigenvalue weighted by atomic mass is 10.2. The van der Waals surface area contributed by atoms with Gasteiger partial charge >= 0.3 is 0 Å². The van der Waals surface area contributed by atoms with E-state index in [1.165, 1.54) is 6.26 Å². The Morgan fingerprint density at radius 2 is 2.33 bits per heavy atom. The van der Waals surface area contributed by atoms with Gasteiger partial charge in [-0.25, -0.2) is 8.42 Å². The van der Waals surface area contributed by atoms with Crippen molar-refractivity contribution in [1.29, 1.82) is 0 Å². The Kier molecular flexibility index (Phi) is 3.43. The van der Waals surface area contributed by atoms with Gasteiger partial charge in [0.15, 0.2) is 0 Å². The molecular weight excluding hydrogens is 254 g/mol. The van der Waals surface area contributed by atoms with Crippen LogP contribution in [0.3, 0.4) is 0 Å². The predicted octanol–water partition coefficient (Wildman–Crippen LogP) is -0.0934. The quantitative estimate of drug-likeness (QED) is 0.782. The number of hydrogen-bond donors (Lipinski definition) is 1. The molecule has 1 heterocycles. The molecule has 2 atom stereocenters. The van der Waals surface area contributed by atoms with E-state index in [0.29, 0.717) is 13.0 Å². The number of sulfone groups is 1. The first kappa shape index (κ1) is 13.1. The van der Waals surface area contributed by atoms with Crippen LogP contribution in [-0.2, 0) is 21.2 Å². The van der Waals surface area contributed by atoms with Crippen molar-refractivity contribution in [1.82, 2.24) is 9.78 Å². The molecule has 100 valence electrons. The highest BCUT2D eigenvalue weighted by Crippen LogP contribution is 2.46. The van der Waals surface area contributed by atoms with Crippen molar-refractivity contribution in [2.75, 3.05) is 12.0 Å². The second-order valence-electron chi connectivity index (χ2n) is 4.87. The van der Waals surface area contributed by atoms with E-state index in [-0.39, 0.29) is 23.5 Å².